The molecule has 0 unspecified atom stereocenters. The quantitative estimate of drug-likeness (QED) is 0.905. The molecule has 0 bridgehead atoms. The number of carbonyl (C=O) groups is 1. The smallest absolute Gasteiger partial charge is 0.257 e. The minimum absolute atomic E-state index is 0.0333. The monoisotopic (exact) mass is 317 g/mol. The topological polar surface area (TPSA) is 42.6 Å². The van der Waals surface area contributed by atoms with E-state index in [2.05, 4.69) is 12.0 Å². The Labute approximate surface area is 135 Å². The van der Waals surface area contributed by atoms with E-state index >= 15 is 0 Å². The summed E-state index contributed by atoms with van der Waals surface area (Å²) in [6.45, 7) is 8.69. The number of hydrogen-bond donors (Lipinski definition) is 1. The molecule has 2 heterocycles. The van der Waals surface area contributed by atoms with Gasteiger partial charge in [-0.25, -0.2) is 9.07 Å². The molecule has 0 saturated carbocycles. The molecular formula is C17H22FN4O+. The fourth-order valence-corrected chi connectivity index (χ4v) is 3.01. The first-order valence-electron chi connectivity index (χ1n) is 8.03. The molecule has 1 N–H and O–H groups in total. The normalized spacial score (nSPS) is 15.9. The van der Waals surface area contributed by atoms with Gasteiger partial charge < -0.3 is 9.80 Å². The molecule has 1 aliphatic rings. The lowest BCUT2D eigenvalue weighted by Gasteiger charge is -2.31. The van der Waals surface area contributed by atoms with Crippen LogP contribution in [0.25, 0.3) is 5.69 Å². The zero-order chi connectivity index (χ0) is 16.4. The lowest BCUT2D eigenvalue weighted by Crippen LogP contribution is -3.14. The number of rotatable bonds is 3. The second kappa shape index (κ2) is 6.50. The number of piperazine rings is 1. The molecule has 0 radical (unpaired) electrons. The standard InChI is InChI=1S/C17H21FN4O/c1-3-20-8-10-21(11-9-20)17(23)16-12-19-22(13(16)2)15-6-4-14(18)5-7-15/h4-7,12H,3,8-11H2,1-2H3/p+1. The first-order chi connectivity index (χ1) is 11.1. The Kier molecular flexibility index (Phi) is 4.43. The highest BCUT2D eigenvalue weighted by atomic mass is 19.1. The van der Waals surface area contributed by atoms with E-state index < -0.39 is 0 Å². The molecule has 0 spiro atoms. The van der Waals surface area contributed by atoms with Gasteiger partial charge in [-0.2, -0.15) is 5.10 Å². The van der Waals surface area contributed by atoms with Crippen LogP contribution >= 0.6 is 0 Å². The highest BCUT2D eigenvalue weighted by molar-refractivity contribution is 5.95. The van der Waals surface area contributed by atoms with E-state index in [0.29, 0.717) is 5.56 Å². The van der Waals surface area contributed by atoms with Crippen LogP contribution < -0.4 is 4.90 Å². The van der Waals surface area contributed by atoms with Crippen LogP contribution in [-0.2, 0) is 0 Å². The first kappa shape index (κ1) is 15.7. The van der Waals surface area contributed by atoms with Gasteiger partial charge >= 0.3 is 0 Å². The molecule has 5 nitrogen and oxygen atoms in total. The van der Waals surface area contributed by atoms with Crippen molar-refractivity contribution in [3.05, 3.63) is 47.5 Å². The van der Waals surface area contributed by atoms with E-state index in [1.165, 1.54) is 17.0 Å². The fourth-order valence-electron chi connectivity index (χ4n) is 3.01. The molecule has 1 aliphatic heterocycles. The maximum absolute atomic E-state index is 13.0. The van der Waals surface area contributed by atoms with Crippen LogP contribution in [0, 0.1) is 12.7 Å². The molecule has 0 atom stereocenters. The van der Waals surface area contributed by atoms with Crippen molar-refractivity contribution >= 4 is 5.91 Å². The Balaban J connectivity index is 1.79. The summed E-state index contributed by atoms with van der Waals surface area (Å²) in [5.41, 5.74) is 2.16. The van der Waals surface area contributed by atoms with E-state index in [1.807, 2.05) is 11.8 Å². The van der Waals surface area contributed by atoms with Gasteiger partial charge in [0, 0.05) is 0 Å². The molecule has 122 valence electrons. The zero-order valence-corrected chi connectivity index (χ0v) is 13.6. The number of hydrogen-bond acceptors (Lipinski definition) is 2. The molecule has 1 amide bonds. The minimum atomic E-state index is -0.286. The lowest BCUT2D eigenvalue weighted by atomic mass is 10.2. The highest BCUT2D eigenvalue weighted by Crippen LogP contribution is 2.16. The van der Waals surface area contributed by atoms with Crippen LogP contribution in [0.3, 0.4) is 0 Å². The highest BCUT2D eigenvalue weighted by Gasteiger charge is 2.26. The SMILES string of the molecule is CC[NH+]1CCN(C(=O)c2cnn(-c3ccc(F)cc3)c2C)CC1. The van der Waals surface area contributed by atoms with Gasteiger partial charge in [0.25, 0.3) is 5.91 Å². The summed E-state index contributed by atoms with van der Waals surface area (Å²) in [6.07, 6.45) is 1.61. The van der Waals surface area contributed by atoms with Crippen LogP contribution in [0.5, 0.6) is 0 Å². The van der Waals surface area contributed by atoms with Crippen molar-refractivity contribution in [1.29, 1.82) is 0 Å². The predicted octanol–water partition coefficient (Wildman–Crippen LogP) is 0.680. The Hall–Kier alpha value is -2.21. The summed E-state index contributed by atoms with van der Waals surface area (Å²) in [4.78, 5) is 16.2. The summed E-state index contributed by atoms with van der Waals surface area (Å²) in [7, 11) is 0. The van der Waals surface area contributed by atoms with Crippen molar-refractivity contribution in [1.82, 2.24) is 14.7 Å². The van der Waals surface area contributed by atoms with E-state index in [9.17, 15) is 9.18 Å². The van der Waals surface area contributed by atoms with E-state index in [-0.39, 0.29) is 11.7 Å². The molecule has 1 saturated heterocycles. The van der Waals surface area contributed by atoms with Gasteiger partial charge in [-0.1, -0.05) is 0 Å². The van der Waals surface area contributed by atoms with Gasteiger partial charge in [-0.05, 0) is 38.1 Å². The van der Waals surface area contributed by atoms with Crippen LogP contribution in [0.15, 0.2) is 30.5 Å². The van der Waals surface area contributed by atoms with Crippen LogP contribution in [0.2, 0.25) is 0 Å². The van der Waals surface area contributed by atoms with Crippen molar-refractivity contribution in [3.63, 3.8) is 0 Å². The molecule has 1 aromatic heterocycles. The summed E-state index contributed by atoms with van der Waals surface area (Å²) in [5, 5.41) is 4.30. The summed E-state index contributed by atoms with van der Waals surface area (Å²) in [6, 6.07) is 6.11. The largest absolute Gasteiger partial charge is 0.332 e. The van der Waals surface area contributed by atoms with Gasteiger partial charge in [0.2, 0.25) is 0 Å². The van der Waals surface area contributed by atoms with E-state index in [1.54, 1.807) is 23.0 Å². The maximum atomic E-state index is 13.0. The number of nitrogens with zero attached hydrogens (tertiary/aromatic N) is 3. The average molecular weight is 317 g/mol. The Morgan fingerprint density at radius 1 is 1.26 bits per heavy atom. The predicted molar refractivity (Wildman–Crippen MR) is 85.4 cm³/mol. The molecular weight excluding hydrogens is 295 g/mol. The second-order valence-corrected chi connectivity index (χ2v) is 5.93. The second-order valence-electron chi connectivity index (χ2n) is 5.93. The number of nitrogens with one attached hydrogen (secondary N) is 1. The third-order valence-corrected chi connectivity index (χ3v) is 4.57. The Morgan fingerprint density at radius 2 is 1.91 bits per heavy atom. The molecule has 1 aromatic carbocycles. The van der Waals surface area contributed by atoms with E-state index in [4.69, 9.17) is 0 Å². The van der Waals surface area contributed by atoms with Gasteiger partial charge in [0.15, 0.2) is 0 Å². The minimum Gasteiger partial charge on any atom is -0.332 e. The Bertz CT molecular complexity index is 687. The van der Waals surface area contributed by atoms with Crippen LogP contribution in [0.1, 0.15) is 23.0 Å². The van der Waals surface area contributed by atoms with Crippen molar-refractivity contribution in [2.75, 3.05) is 32.7 Å². The van der Waals surface area contributed by atoms with E-state index in [0.717, 1.165) is 44.1 Å². The number of quaternary nitrogens is 1. The van der Waals surface area contributed by atoms with Gasteiger partial charge in [0.05, 0.1) is 55.9 Å². The number of amides is 1. The third kappa shape index (κ3) is 3.12. The number of aromatic nitrogens is 2. The van der Waals surface area contributed by atoms with Crippen molar-refractivity contribution in [3.8, 4) is 5.69 Å². The number of likely N-dealkylation sites (N-methyl/N-ethyl adjacent to an activating group) is 1. The zero-order valence-electron chi connectivity index (χ0n) is 13.6. The average Bonchev–Trinajstić information content (AvgIpc) is 2.96. The first-order valence-corrected chi connectivity index (χ1v) is 8.03. The van der Waals surface area contributed by atoms with Crippen molar-refractivity contribution in [2.24, 2.45) is 0 Å². The molecule has 1 fully saturated rings. The van der Waals surface area contributed by atoms with Gasteiger partial charge in [0.1, 0.15) is 5.82 Å². The Morgan fingerprint density at radius 3 is 2.52 bits per heavy atom. The van der Waals surface area contributed by atoms with Gasteiger partial charge in [-0.15, -0.1) is 0 Å². The number of carbonyl (C=O) groups excluding carboxylic acids is 1. The third-order valence-electron chi connectivity index (χ3n) is 4.57. The molecule has 3 rings (SSSR count). The number of benzene rings is 1. The molecule has 2 aromatic rings. The maximum Gasteiger partial charge on any atom is 0.257 e. The summed E-state index contributed by atoms with van der Waals surface area (Å²) in [5.74, 6) is -0.253. The molecule has 0 aliphatic carbocycles. The lowest BCUT2D eigenvalue weighted by molar-refractivity contribution is -0.902. The fraction of sp³-hybridized carbons (Fsp3) is 0.412. The van der Waals surface area contributed by atoms with Crippen LogP contribution in [-0.4, -0.2) is 53.3 Å². The molecule has 23 heavy (non-hydrogen) atoms. The number of halogens is 1. The van der Waals surface area contributed by atoms with Gasteiger partial charge in [-0.3, -0.25) is 4.79 Å². The summed E-state index contributed by atoms with van der Waals surface area (Å²) >= 11 is 0. The van der Waals surface area contributed by atoms with Crippen LogP contribution in [0.4, 0.5) is 4.39 Å². The summed E-state index contributed by atoms with van der Waals surface area (Å²) < 4.78 is 14.7. The van der Waals surface area contributed by atoms with Crippen molar-refractivity contribution in [2.45, 2.75) is 13.8 Å². The molecule has 6 heteroatoms. The van der Waals surface area contributed by atoms with Crippen molar-refractivity contribution < 1.29 is 14.1 Å².